The lowest BCUT2D eigenvalue weighted by atomic mass is 9.89. The molecule has 6 unspecified atom stereocenters. The van der Waals surface area contributed by atoms with Gasteiger partial charge in [-0.15, -0.1) is 0 Å². The summed E-state index contributed by atoms with van der Waals surface area (Å²) in [5, 5.41) is 10.8. The van der Waals surface area contributed by atoms with Gasteiger partial charge in [-0.3, -0.25) is 18.9 Å². The maximum absolute atomic E-state index is 12.1. The number of aliphatic hydroxyl groups excluding tert-OH is 1. The van der Waals surface area contributed by atoms with Crippen LogP contribution in [0.3, 0.4) is 0 Å². The summed E-state index contributed by atoms with van der Waals surface area (Å²) >= 11 is 0. The third-order valence-corrected chi connectivity index (χ3v) is 8.84. The molecule has 0 spiro atoms. The summed E-state index contributed by atoms with van der Waals surface area (Å²) in [5.74, 6) is -0.913. The van der Waals surface area contributed by atoms with Crippen molar-refractivity contribution in [2.24, 2.45) is 5.92 Å². The van der Waals surface area contributed by atoms with Crippen molar-refractivity contribution >= 4 is 40.6 Å². The Morgan fingerprint density at radius 3 is 2.47 bits per heavy atom. The number of H-pyrrole nitrogens is 1. The summed E-state index contributed by atoms with van der Waals surface area (Å²) in [4.78, 5) is 58.5. The number of nitrogens with zero attached hydrogens (tertiary/aromatic N) is 3. The van der Waals surface area contributed by atoms with Crippen molar-refractivity contribution in [3.63, 3.8) is 0 Å². The molecule has 6 atom stereocenters. The van der Waals surface area contributed by atoms with Crippen LogP contribution in [0.15, 0.2) is 11.1 Å². The van der Waals surface area contributed by atoms with Crippen molar-refractivity contribution in [1.29, 1.82) is 0 Å². The number of nitrogen functional groups attached to an aromatic ring is 1. The highest BCUT2D eigenvalue weighted by molar-refractivity contribution is 7.66. The predicted molar refractivity (Wildman–Crippen MR) is 111 cm³/mol. The van der Waals surface area contributed by atoms with Crippen LogP contribution in [0.5, 0.6) is 0 Å². The van der Waals surface area contributed by atoms with E-state index >= 15 is 0 Å². The molecule has 2 aromatic rings. The summed E-state index contributed by atoms with van der Waals surface area (Å²) in [7, 11) is -16.7. The Kier molecular flexibility index (Phi) is 7.30. The molecule has 0 radical (unpaired) electrons. The smallest absolute Gasteiger partial charge is 0.390 e. The van der Waals surface area contributed by atoms with Crippen LogP contribution < -0.4 is 11.3 Å². The number of fused-ring (bicyclic) bond motifs is 1. The standard InChI is InChI=1S/C13H22N5O13P3/c1-3-13(4-28-33(24,25)31-34(26,27)30-32(21,22)23)8(19)6(2)11(29-13)18-5-15-7-9(18)16-12(14)17-10(7)20/h5-6,8,11,19H,3-4H2,1-2H3,(H,24,25)(H,26,27)(H2,21,22,23)(H3,14,16,17,20). The highest BCUT2D eigenvalue weighted by Gasteiger charge is 2.54. The van der Waals surface area contributed by atoms with Crippen molar-refractivity contribution in [3.05, 3.63) is 16.7 Å². The van der Waals surface area contributed by atoms with Crippen molar-refractivity contribution in [2.45, 2.75) is 38.2 Å². The van der Waals surface area contributed by atoms with E-state index in [1.165, 1.54) is 10.9 Å². The Morgan fingerprint density at radius 1 is 1.24 bits per heavy atom. The number of phosphoric acid groups is 3. The molecule has 0 bridgehead atoms. The molecule has 3 rings (SSSR count). The zero-order valence-corrected chi connectivity index (χ0v) is 20.2. The molecule has 0 aliphatic carbocycles. The summed E-state index contributed by atoms with van der Waals surface area (Å²) in [6, 6.07) is 0. The molecule has 1 saturated heterocycles. The van der Waals surface area contributed by atoms with Crippen molar-refractivity contribution < 1.29 is 56.3 Å². The van der Waals surface area contributed by atoms with Gasteiger partial charge in [-0.25, -0.2) is 18.7 Å². The number of imidazole rings is 1. The minimum absolute atomic E-state index is 0.00639. The largest absolute Gasteiger partial charge is 0.490 e. The number of nitrogens with one attached hydrogen (secondary N) is 1. The van der Waals surface area contributed by atoms with Gasteiger partial charge in [-0.1, -0.05) is 13.8 Å². The average molecular weight is 549 g/mol. The topological polar surface area (TPSA) is 279 Å². The SMILES string of the molecule is CCC1(COP(=O)(O)OP(=O)(O)OP(=O)(O)O)OC(n2cnc3c(=O)[nH]c(N)nc32)C(C)C1O. The molecule has 8 N–H and O–H groups in total. The Balaban J connectivity index is 1.83. The summed E-state index contributed by atoms with van der Waals surface area (Å²) in [6.45, 7) is 2.25. The normalized spacial score (nSPS) is 29.2. The Hall–Kier alpha value is -1.52. The maximum Gasteiger partial charge on any atom is 0.490 e. The van der Waals surface area contributed by atoms with E-state index in [0.29, 0.717) is 0 Å². The lowest BCUT2D eigenvalue weighted by Gasteiger charge is -2.31. The van der Waals surface area contributed by atoms with E-state index in [1.807, 2.05) is 0 Å². The Bertz CT molecular complexity index is 1270. The highest BCUT2D eigenvalue weighted by Crippen LogP contribution is 2.66. The molecule has 1 fully saturated rings. The van der Waals surface area contributed by atoms with E-state index in [1.54, 1.807) is 13.8 Å². The average Bonchev–Trinajstić information content (AvgIpc) is 3.18. The van der Waals surface area contributed by atoms with Gasteiger partial charge in [0.05, 0.1) is 19.0 Å². The van der Waals surface area contributed by atoms with Gasteiger partial charge in [0, 0.05) is 5.92 Å². The fraction of sp³-hybridized carbons (Fsp3) is 0.615. The molecule has 0 amide bonds. The molecule has 21 heteroatoms. The zero-order chi connectivity index (χ0) is 25.7. The van der Waals surface area contributed by atoms with Gasteiger partial charge >= 0.3 is 23.5 Å². The van der Waals surface area contributed by atoms with Gasteiger partial charge in [0.1, 0.15) is 11.8 Å². The van der Waals surface area contributed by atoms with E-state index < -0.39 is 59.5 Å². The highest BCUT2D eigenvalue weighted by atomic mass is 31.3. The number of ether oxygens (including phenoxy) is 1. The van der Waals surface area contributed by atoms with Gasteiger partial charge in [-0.2, -0.15) is 13.6 Å². The summed E-state index contributed by atoms with van der Waals surface area (Å²) in [5.41, 5.74) is 3.30. The third kappa shape index (κ3) is 5.65. The molecule has 0 aromatic carbocycles. The molecule has 3 heterocycles. The predicted octanol–water partition coefficient (Wildman–Crippen LogP) is -0.280. The Labute approximate surface area is 190 Å². The number of phosphoric ester groups is 1. The molecule has 2 aromatic heterocycles. The number of hydrogen-bond acceptors (Lipinski definition) is 12. The Morgan fingerprint density at radius 2 is 1.88 bits per heavy atom. The number of aromatic nitrogens is 4. The van der Waals surface area contributed by atoms with Gasteiger partial charge in [0.25, 0.3) is 5.56 Å². The third-order valence-electron chi connectivity index (χ3n) is 5.05. The first-order chi connectivity index (χ1) is 15.5. The first-order valence-electron chi connectivity index (χ1n) is 9.36. The number of aliphatic hydroxyl groups is 1. The van der Waals surface area contributed by atoms with Crippen molar-refractivity contribution in [1.82, 2.24) is 19.5 Å². The van der Waals surface area contributed by atoms with Crippen molar-refractivity contribution in [3.8, 4) is 0 Å². The molecular weight excluding hydrogens is 527 g/mol. The fourth-order valence-corrected chi connectivity index (χ4v) is 6.58. The molecule has 1 aliphatic rings. The van der Waals surface area contributed by atoms with Gasteiger partial charge in [0.15, 0.2) is 11.2 Å². The van der Waals surface area contributed by atoms with Gasteiger partial charge < -0.3 is 35.2 Å². The molecule has 18 nitrogen and oxygen atoms in total. The maximum atomic E-state index is 12.1. The fourth-order valence-electron chi connectivity index (χ4n) is 3.50. The van der Waals surface area contributed by atoms with E-state index in [2.05, 4.69) is 23.6 Å². The number of rotatable bonds is 9. The number of hydrogen-bond donors (Lipinski definition) is 7. The summed E-state index contributed by atoms with van der Waals surface area (Å²) in [6.07, 6.45) is -1.12. The van der Waals surface area contributed by atoms with Crippen LogP contribution in [-0.2, 0) is 31.6 Å². The van der Waals surface area contributed by atoms with E-state index in [-0.39, 0.29) is 23.5 Å². The van der Waals surface area contributed by atoms with Crippen LogP contribution in [0.25, 0.3) is 11.2 Å². The van der Waals surface area contributed by atoms with Crippen LogP contribution in [0.1, 0.15) is 26.5 Å². The van der Waals surface area contributed by atoms with Gasteiger partial charge in [0.2, 0.25) is 5.95 Å². The number of anilines is 1. The van der Waals surface area contributed by atoms with E-state index in [0.717, 1.165) is 0 Å². The molecule has 192 valence electrons. The quantitative estimate of drug-likeness (QED) is 0.198. The lowest BCUT2D eigenvalue weighted by molar-refractivity contribution is -0.126. The van der Waals surface area contributed by atoms with Crippen LogP contribution in [-0.4, -0.2) is 62.5 Å². The minimum atomic E-state index is -5.71. The van der Waals surface area contributed by atoms with Gasteiger partial charge in [-0.05, 0) is 6.42 Å². The minimum Gasteiger partial charge on any atom is -0.390 e. The van der Waals surface area contributed by atoms with Crippen LogP contribution >= 0.6 is 23.5 Å². The second kappa shape index (κ2) is 9.17. The molecule has 1 aliphatic heterocycles. The van der Waals surface area contributed by atoms with E-state index in [4.69, 9.17) is 24.8 Å². The monoisotopic (exact) mass is 549 g/mol. The first-order valence-corrected chi connectivity index (χ1v) is 13.9. The van der Waals surface area contributed by atoms with E-state index in [9.17, 15) is 33.4 Å². The summed E-state index contributed by atoms with van der Waals surface area (Å²) < 4.78 is 53.7. The lowest BCUT2D eigenvalue weighted by Crippen LogP contribution is -2.44. The second-order valence-electron chi connectivity index (χ2n) is 7.37. The van der Waals surface area contributed by atoms with Crippen molar-refractivity contribution in [2.75, 3.05) is 12.3 Å². The first kappa shape index (κ1) is 27.1. The molecule has 0 saturated carbocycles. The second-order valence-corrected chi connectivity index (χ2v) is 11.8. The number of aromatic amines is 1. The number of nitrogens with two attached hydrogens (primary N) is 1. The molecule has 34 heavy (non-hydrogen) atoms. The molecular formula is C13H22N5O13P3. The van der Waals surface area contributed by atoms with Crippen LogP contribution in [0, 0.1) is 5.92 Å². The van der Waals surface area contributed by atoms with Crippen LogP contribution in [0.2, 0.25) is 0 Å². The van der Waals surface area contributed by atoms with Crippen LogP contribution in [0.4, 0.5) is 5.95 Å². The zero-order valence-electron chi connectivity index (χ0n) is 17.5.